The molecule has 0 aromatic carbocycles. The predicted molar refractivity (Wildman–Crippen MR) is 64.8 cm³/mol. The van der Waals surface area contributed by atoms with Crippen LogP contribution >= 0.6 is 0 Å². The molecule has 0 radical (unpaired) electrons. The molecule has 80 valence electrons. The number of pyridine rings is 1. The van der Waals surface area contributed by atoms with Gasteiger partial charge in [-0.25, -0.2) is 0 Å². The fourth-order valence-corrected chi connectivity index (χ4v) is 2.26. The molecule has 1 aromatic heterocycles. The Bertz CT molecular complexity index is 485. The van der Waals surface area contributed by atoms with Gasteiger partial charge in [-0.3, -0.25) is 4.98 Å². The van der Waals surface area contributed by atoms with E-state index in [0.717, 1.165) is 17.5 Å². The van der Waals surface area contributed by atoms with E-state index in [1.165, 1.54) is 22.6 Å². The Hall–Kier alpha value is -1.11. The van der Waals surface area contributed by atoms with Gasteiger partial charge >= 0.3 is 0 Å². The van der Waals surface area contributed by atoms with Crippen LogP contribution in [0.2, 0.25) is 0 Å². The molecule has 0 aliphatic heterocycles. The van der Waals surface area contributed by atoms with E-state index in [1.807, 2.05) is 13.8 Å². The van der Waals surface area contributed by atoms with Crippen molar-refractivity contribution in [2.75, 3.05) is 0 Å². The molecule has 1 aromatic rings. The number of nitrogens with zero attached hydrogens (tertiary/aromatic N) is 1. The highest BCUT2D eigenvalue weighted by atomic mass is 14.7. The normalized spacial score (nSPS) is 24.8. The van der Waals surface area contributed by atoms with Crippen molar-refractivity contribution in [2.45, 2.75) is 34.1 Å². The highest BCUT2D eigenvalue weighted by Crippen LogP contribution is 2.41. The maximum Gasteiger partial charge on any atom is 0.0667 e. The molecule has 1 fully saturated rings. The smallest absolute Gasteiger partial charge is 0.0667 e. The third-order valence-corrected chi connectivity index (χ3v) is 3.07. The van der Waals surface area contributed by atoms with E-state index in [1.54, 1.807) is 0 Å². The maximum atomic E-state index is 4.56. The SMILES string of the molecule is CC.Cc1cc(C)c2c(n1)=CC1CC1C=2. The standard InChI is InChI=1S/C12H13N.C2H6/c1-7-3-8(2)13-12-6-10-4-9(10)5-11(7)12;1-2/h3,5-6,9-10H,4H2,1-2H3;1-2H3. The zero-order chi connectivity index (χ0) is 11.0. The zero-order valence-corrected chi connectivity index (χ0v) is 10.0. The highest BCUT2D eigenvalue weighted by molar-refractivity contribution is 5.49. The first-order chi connectivity index (χ1) is 7.24. The van der Waals surface area contributed by atoms with Crippen LogP contribution in [-0.4, -0.2) is 4.98 Å². The molecule has 15 heavy (non-hydrogen) atoms. The van der Waals surface area contributed by atoms with Gasteiger partial charge in [-0.15, -0.1) is 0 Å². The molecule has 1 saturated carbocycles. The lowest BCUT2D eigenvalue weighted by molar-refractivity contribution is 1.01. The fraction of sp³-hybridized carbons (Fsp3) is 0.500. The second kappa shape index (κ2) is 3.80. The lowest BCUT2D eigenvalue weighted by atomic mass is 10.1. The molecule has 0 amide bonds. The molecule has 1 heterocycles. The number of hydrogen-bond acceptors (Lipinski definition) is 1. The number of hydrogen-bond donors (Lipinski definition) is 0. The van der Waals surface area contributed by atoms with Crippen LogP contribution in [0.5, 0.6) is 0 Å². The molecular weight excluding hydrogens is 182 g/mol. The molecule has 0 N–H and O–H groups in total. The number of aryl methyl sites for hydroxylation is 2. The quantitative estimate of drug-likeness (QED) is 0.625. The second-order valence-corrected chi connectivity index (χ2v) is 4.28. The van der Waals surface area contributed by atoms with Crippen LogP contribution in [0.4, 0.5) is 0 Å². The van der Waals surface area contributed by atoms with Gasteiger partial charge in [0.15, 0.2) is 0 Å². The monoisotopic (exact) mass is 201 g/mol. The predicted octanol–water partition coefficient (Wildman–Crippen LogP) is 1.94. The Balaban J connectivity index is 0.000000404. The van der Waals surface area contributed by atoms with Crippen molar-refractivity contribution in [1.29, 1.82) is 0 Å². The topological polar surface area (TPSA) is 12.9 Å². The van der Waals surface area contributed by atoms with Gasteiger partial charge in [0, 0.05) is 5.69 Å². The van der Waals surface area contributed by atoms with Crippen molar-refractivity contribution in [3.05, 3.63) is 27.9 Å². The summed E-state index contributed by atoms with van der Waals surface area (Å²) in [5, 5.41) is 2.60. The van der Waals surface area contributed by atoms with E-state index in [2.05, 4.69) is 37.0 Å². The van der Waals surface area contributed by atoms with Crippen molar-refractivity contribution in [1.82, 2.24) is 4.98 Å². The van der Waals surface area contributed by atoms with Gasteiger partial charge in [-0.05, 0) is 49.0 Å². The third-order valence-electron chi connectivity index (χ3n) is 3.07. The van der Waals surface area contributed by atoms with Crippen LogP contribution in [0.25, 0.3) is 12.2 Å². The molecule has 0 bridgehead atoms. The van der Waals surface area contributed by atoms with Crippen LogP contribution in [0.15, 0.2) is 6.07 Å². The van der Waals surface area contributed by atoms with Crippen LogP contribution < -0.4 is 10.6 Å². The number of fused-ring (bicyclic) bond motifs is 2. The summed E-state index contributed by atoms with van der Waals surface area (Å²) in [6, 6.07) is 2.17. The second-order valence-electron chi connectivity index (χ2n) is 4.28. The number of rotatable bonds is 0. The van der Waals surface area contributed by atoms with Gasteiger partial charge in [0.2, 0.25) is 0 Å². The van der Waals surface area contributed by atoms with Crippen LogP contribution in [0, 0.1) is 25.7 Å². The lowest BCUT2D eigenvalue weighted by Crippen LogP contribution is -2.33. The Kier molecular flexibility index (Phi) is 2.64. The first-order valence-electron chi connectivity index (χ1n) is 5.92. The molecule has 2 aliphatic carbocycles. The zero-order valence-electron chi connectivity index (χ0n) is 10.0. The Morgan fingerprint density at radius 2 is 1.80 bits per heavy atom. The van der Waals surface area contributed by atoms with Gasteiger partial charge < -0.3 is 0 Å². The minimum absolute atomic E-state index is 0.807. The molecule has 0 saturated heterocycles. The average molecular weight is 201 g/mol. The lowest BCUT2D eigenvalue weighted by Gasteiger charge is -2.03. The molecule has 1 heteroatoms. The van der Waals surface area contributed by atoms with E-state index in [-0.39, 0.29) is 0 Å². The molecule has 1 nitrogen and oxygen atoms in total. The molecule has 2 atom stereocenters. The largest absolute Gasteiger partial charge is 0.253 e. The van der Waals surface area contributed by atoms with Gasteiger partial charge in [-0.2, -0.15) is 0 Å². The summed E-state index contributed by atoms with van der Waals surface area (Å²) in [4.78, 5) is 4.56. The Morgan fingerprint density at radius 3 is 2.53 bits per heavy atom. The molecule has 3 rings (SSSR count). The van der Waals surface area contributed by atoms with E-state index in [0.29, 0.717) is 0 Å². The molecule has 2 unspecified atom stereocenters. The van der Waals surface area contributed by atoms with Gasteiger partial charge in [-0.1, -0.05) is 26.0 Å². The molecule has 0 spiro atoms. The van der Waals surface area contributed by atoms with E-state index < -0.39 is 0 Å². The minimum Gasteiger partial charge on any atom is -0.253 e. The Labute approximate surface area is 91.6 Å². The highest BCUT2D eigenvalue weighted by Gasteiger charge is 2.34. The number of aromatic nitrogens is 1. The van der Waals surface area contributed by atoms with Gasteiger partial charge in [0.25, 0.3) is 0 Å². The summed E-state index contributed by atoms with van der Waals surface area (Å²) < 4.78 is 0. The van der Waals surface area contributed by atoms with E-state index in [9.17, 15) is 0 Å². The van der Waals surface area contributed by atoms with Crippen molar-refractivity contribution >= 4 is 12.2 Å². The van der Waals surface area contributed by atoms with Crippen molar-refractivity contribution in [3.63, 3.8) is 0 Å². The first kappa shape index (κ1) is 10.4. The van der Waals surface area contributed by atoms with Gasteiger partial charge in [0.05, 0.1) is 5.35 Å². The summed E-state index contributed by atoms with van der Waals surface area (Å²) in [6.07, 6.45) is 6.09. The van der Waals surface area contributed by atoms with Crippen LogP contribution in [-0.2, 0) is 0 Å². The summed E-state index contributed by atoms with van der Waals surface area (Å²) in [5.74, 6) is 1.64. The minimum atomic E-state index is 0.807. The van der Waals surface area contributed by atoms with Crippen LogP contribution in [0.1, 0.15) is 31.5 Å². The summed E-state index contributed by atoms with van der Waals surface area (Å²) in [7, 11) is 0. The fourth-order valence-electron chi connectivity index (χ4n) is 2.26. The Morgan fingerprint density at radius 1 is 1.13 bits per heavy atom. The van der Waals surface area contributed by atoms with E-state index in [4.69, 9.17) is 0 Å². The van der Waals surface area contributed by atoms with Gasteiger partial charge in [0.1, 0.15) is 0 Å². The molecular formula is C14H19N. The van der Waals surface area contributed by atoms with Crippen molar-refractivity contribution in [2.24, 2.45) is 11.8 Å². The van der Waals surface area contributed by atoms with Crippen molar-refractivity contribution in [3.8, 4) is 0 Å². The van der Waals surface area contributed by atoms with E-state index >= 15 is 0 Å². The summed E-state index contributed by atoms with van der Waals surface area (Å²) >= 11 is 0. The summed E-state index contributed by atoms with van der Waals surface area (Å²) in [5.41, 5.74) is 2.52. The molecule has 2 aliphatic rings. The average Bonchev–Trinajstić information content (AvgIpc) is 2.96. The maximum absolute atomic E-state index is 4.56. The summed E-state index contributed by atoms with van der Waals surface area (Å²) in [6.45, 7) is 8.25. The van der Waals surface area contributed by atoms with Crippen molar-refractivity contribution < 1.29 is 0 Å². The third kappa shape index (κ3) is 1.83. The van der Waals surface area contributed by atoms with Crippen LogP contribution in [0.3, 0.4) is 0 Å². The first-order valence-corrected chi connectivity index (χ1v) is 5.92.